The molecule has 7 nitrogen and oxygen atoms in total. The molecule has 0 atom stereocenters. The molecule has 1 heterocycles. The number of carbonyl (C=O) groups excluding carboxylic acids is 2. The number of benzene rings is 2. The van der Waals surface area contributed by atoms with Crippen LogP contribution in [0, 0.1) is 5.82 Å². The van der Waals surface area contributed by atoms with E-state index in [2.05, 4.69) is 15.7 Å². The second-order valence-electron chi connectivity index (χ2n) is 8.25. The minimum Gasteiger partial charge on any atom is -0.444 e. The van der Waals surface area contributed by atoms with Crippen molar-refractivity contribution in [3.05, 3.63) is 72.2 Å². The van der Waals surface area contributed by atoms with Gasteiger partial charge >= 0.3 is 6.09 Å². The second kappa shape index (κ2) is 10.1. The van der Waals surface area contributed by atoms with E-state index in [4.69, 9.17) is 4.74 Å². The number of aromatic nitrogens is 2. The normalized spacial score (nSPS) is 11.1. The lowest BCUT2D eigenvalue weighted by atomic mass is 10.1. The summed E-state index contributed by atoms with van der Waals surface area (Å²) in [6.45, 7) is 5.72. The number of rotatable bonds is 7. The van der Waals surface area contributed by atoms with Gasteiger partial charge in [0.05, 0.1) is 11.4 Å². The molecule has 0 saturated heterocycles. The zero-order valence-corrected chi connectivity index (χ0v) is 18.4. The smallest absolute Gasteiger partial charge is 0.407 e. The first-order chi connectivity index (χ1) is 15.2. The van der Waals surface area contributed by atoms with E-state index < -0.39 is 11.7 Å². The van der Waals surface area contributed by atoms with Gasteiger partial charge in [0.15, 0.2) is 0 Å². The highest BCUT2D eigenvalue weighted by atomic mass is 19.1. The molecule has 0 aliphatic rings. The molecular formula is C24H27FN4O3. The van der Waals surface area contributed by atoms with Crippen molar-refractivity contribution in [2.24, 2.45) is 0 Å². The highest BCUT2D eigenvalue weighted by molar-refractivity contribution is 5.77. The van der Waals surface area contributed by atoms with Crippen LogP contribution in [-0.2, 0) is 16.1 Å². The number of para-hydroxylation sites is 1. The summed E-state index contributed by atoms with van der Waals surface area (Å²) in [7, 11) is 0. The molecule has 0 spiro atoms. The Morgan fingerprint density at radius 1 is 1.03 bits per heavy atom. The van der Waals surface area contributed by atoms with Crippen molar-refractivity contribution in [2.45, 2.75) is 39.3 Å². The summed E-state index contributed by atoms with van der Waals surface area (Å²) in [4.78, 5) is 24.0. The predicted octanol–water partition coefficient (Wildman–Crippen LogP) is 4.21. The molecular weight excluding hydrogens is 411 g/mol. The largest absolute Gasteiger partial charge is 0.444 e. The minimum atomic E-state index is -0.595. The first-order valence-electron chi connectivity index (χ1n) is 10.3. The zero-order valence-electron chi connectivity index (χ0n) is 18.4. The number of hydrogen-bond acceptors (Lipinski definition) is 4. The van der Waals surface area contributed by atoms with E-state index in [0.29, 0.717) is 5.69 Å². The molecule has 0 aliphatic carbocycles. The molecule has 2 amide bonds. The van der Waals surface area contributed by atoms with Gasteiger partial charge in [-0.3, -0.25) is 4.79 Å². The predicted molar refractivity (Wildman–Crippen MR) is 120 cm³/mol. The van der Waals surface area contributed by atoms with Crippen LogP contribution < -0.4 is 10.6 Å². The van der Waals surface area contributed by atoms with E-state index in [9.17, 15) is 14.0 Å². The van der Waals surface area contributed by atoms with Gasteiger partial charge in [-0.2, -0.15) is 5.10 Å². The summed E-state index contributed by atoms with van der Waals surface area (Å²) >= 11 is 0. The number of nitrogens with one attached hydrogen (secondary N) is 2. The summed E-state index contributed by atoms with van der Waals surface area (Å²) in [5, 5.41) is 10.1. The van der Waals surface area contributed by atoms with Crippen molar-refractivity contribution in [3.63, 3.8) is 0 Å². The lowest BCUT2D eigenvalue weighted by Crippen LogP contribution is -2.35. The fourth-order valence-corrected chi connectivity index (χ4v) is 2.98. The van der Waals surface area contributed by atoms with Gasteiger partial charge in [-0.25, -0.2) is 13.9 Å². The van der Waals surface area contributed by atoms with Gasteiger partial charge in [0.25, 0.3) is 0 Å². The number of amides is 2. The van der Waals surface area contributed by atoms with Crippen molar-refractivity contribution in [3.8, 4) is 16.9 Å². The summed E-state index contributed by atoms with van der Waals surface area (Å²) < 4.78 is 20.2. The first kappa shape index (κ1) is 23.0. The van der Waals surface area contributed by atoms with E-state index in [1.54, 1.807) is 37.6 Å². The molecule has 2 aromatic carbocycles. The highest BCUT2D eigenvalue weighted by Crippen LogP contribution is 2.24. The van der Waals surface area contributed by atoms with Gasteiger partial charge in [-0.05, 0) is 57.2 Å². The second-order valence-corrected chi connectivity index (χ2v) is 8.25. The molecule has 0 saturated carbocycles. The monoisotopic (exact) mass is 438 g/mol. The summed E-state index contributed by atoms with van der Waals surface area (Å²) in [5.74, 6) is -0.554. The molecule has 0 aliphatic heterocycles. The van der Waals surface area contributed by atoms with Crippen LogP contribution in [0.3, 0.4) is 0 Å². The van der Waals surface area contributed by atoms with Crippen molar-refractivity contribution in [2.75, 3.05) is 6.54 Å². The summed E-state index contributed by atoms with van der Waals surface area (Å²) in [6, 6.07) is 15.6. The fraction of sp³-hybridized carbons (Fsp3) is 0.292. The molecule has 8 heteroatoms. The molecule has 0 radical (unpaired) electrons. The maximum atomic E-state index is 13.4. The number of halogens is 1. The first-order valence-corrected chi connectivity index (χ1v) is 10.3. The minimum absolute atomic E-state index is 0.109. The highest BCUT2D eigenvalue weighted by Gasteiger charge is 2.16. The van der Waals surface area contributed by atoms with Crippen LogP contribution in [0.5, 0.6) is 0 Å². The SMILES string of the molecule is CC(C)(C)OC(=O)NCCC(=O)NCc1cn(-c2ccccc2)nc1-c1ccc(F)cc1. The molecule has 1 aromatic heterocycles. The number of hydrogen-bond donors (Lipinski definition) is 2. The Kier molecular flexibility index (Phi) is 7.25. The third kappa shape index (κ3) is 6.66. The molecule has 32 heavy (non-hydrogen) atoms. The molecule has 168 valence electrons. The van der Waals surface area contributed by atoms with E-state index in [1.807, 2.05) is 36.5 Å². The standard InChI is InChI=1S/C24H27FN4O3/c1-24(2,3)32-23(31)26-14-13-21(30)27-15-18-16-29(20-7-5-4-6-8-20)28-22(18)17-9-11-19(25)12-10-17/h4-12,16H,13-15H2,1-3H3,(H,26,31)(H,27,30). The van der Waals surface area contributed by atoms with E-state index in [-0.39, 0.29) is 31.2 Å². The number of ether oxygens (including phenoxy) is 1. The van der Waals surface area contributed by atoms with Gasteiger partial charge < -0.3 is 15.4 Å². The van der Waals surface area contributed by atoms with Gasteiger partial charge in [0, 0.05) is 36.8 Å². The van der Waals surface area contributed by atoms with Gasteiger partial charge in [-0.15, -0.1) is 0 Å². The van der Waals surface area contributed by atoms with Crippen molar-refractivity contribution in [1.29, 1.82) is 0 Å². The maximum absolute atomic E-state index is 13.4. The lowest BCUT2D eigenvalue weighted by Gasteiger charge is -2.19. The molecule has 0 bridgehead atoms. The fourth-order valence-electron chi connectivity index (χ4n) is 2.98. The van der Waals surface area contributed by atoms with Gasteiger partial charge in [-0.1, -0.05) is 18.2 Å². The van der Waals surface area contributed by atoms with Crippen LogP contribution in [0.1, 0.15) is 32.8 Å². The Morgan fingerprint density at radius 2 is 1.72 bits per heavy atom. The van der Waals surface area contributed by atoms with Crippen LogP contribution in [-0.4, -0.2) is 33.9 Å². The number of alkyl carbamates (subject to hydrolysis) is 1. The van der Waals surface area contributed by atoms with E-state index >= 15 is 0 Å². The summed E-state index contributed by atoms with van der Waals surface area (Å²) in [5.41, 5.74) is 2.46. The Labute approximate surface area is 186 Å². The number of nitrogens with zero attached hydrogens (tertiary/aromatic N) is 2. The Bertz CT molecular complexity index is 1060. The van der Waals surface area contributed by atoms with Crippen LogP contribution in [0.15, 0.2) is 60.8 Å². The zero-order chi connectivity index (χ0) is 23.1. The van der Waals surface area contributed by atoms with Crippen molar-refractivity contribution in [1.82, 2.24) is 20.4 Å². The third-order valence-corrected chi connectivity index (χ3v) is 4.42. The molecule has 3 rings (SSSR count). The van der Waals surface area contributed by atoms with Gasteiger partial charge in [0.2, 0.25) is 5.91 Å². The average molecular weight is 439 g/mol. The maximum Gasteiger partial charge on any atom is 0.407 e. The van der Waals surface area contributed by atoms with E-state index in [0.717, 1.165) is 16.8 Å². The quantitative estimate of drug-likeness (QED) is 0.579. The lowest BCUT2D eigenvalue weighted by molar-refractivity contribution is -0.121. The van der Waals surface area contributed by atoms with E-state index in [1.165, 1.54) is 12.1 Å². The van der Waals surface area contributed by atoms with Crippen LogP contribution in [0.4, 0.5) is 9.18 Å². The van der Waals surface area contributed by atoms with Gasteiger partial charge in [0.1, 0.15) is 11.4 Å². The third-order valence-electron chi connectivity index (χ3n) is 4.42. The Morgan fingerprint density at radius 3 is 2.38 bits per heavy atom. The molecule has 0 unspecified atom stereocenters. The number of carbonyl (C=O) groups is 2. The Hall–Kier alpha value is -3.68. The van der Waals surface area contributed by atoms with Crippen LogP contribution in [0.2, 0.25) is 0 Å². The topological polar surface area (TPSA) is 85.2 Å². The molecule has 2 N–H and O–H groups in total. The Balaban J connectivity index is 1.66. The van der Waals surface area contributed by atoms with Crippen molar-refractivity contribution >= 4 is 12.0 Å². The molecule has 0 fully saturated rings. The molecule has 3 aromatic rings. The van der Waals surface area contributed by atoms with Crippen molar-refractivity contribution < 1.29 is 18.7 Å². The van der Waals surface area contributed by atoms with Crippen LogP contribution in [0.25, 0.3) is 16.9 Å². The average Bonchev–Trinajstić information content (AvgIpc) is 3.16. The summed E-state index contributed by atoms with van der Waals surface area (Å²) in [6.07, 6.45) is 1.39. The van der Waals surface area contributed by atoms with Crippen LogP contribution >= 0.6 is 0 Å².